The zero-order chi connectivity index (χ0) is 15.4. The van der Waals surface area contributed by atoms with E-state index >= 15 is 0 Å². The molecule has 0 bridgehead atoms. The number of anilines is 1. The van der Waals surface area contributed by atoms with Crippen LogP contribution in [0.1, 0.15) is 12.8 Å². The van der Waals surface area contributed by atoms with E-state index in [2.05, 4.69) is 26.1 Å². The quantitative estimate of drug-likeness (QED) is 0.631. The minimum Gasteiger partial charge on any atom is -0.328 e. The first-order chi connectivity index (χ1) is 9.95. The van der Waals surface area contributed by atoms with Crippen molar-refractivity contribution in [3.63, 3.8) is 0 Å². The number of nitrogens with two attached hydrogens (primary N) is 1. The standard InChI is InChI=1S/C13H17BrN4O3/c14-11-7-10(18(20)21)1-2-12(11)16-13(19)8-17-5-3-9(15)4-6-17/h1-2,7,9H,3-6,8,15H2,(H,16,19). The van der Waals surface area contributed by atoms with Gasteiger partial charge in [-0.3, -0.25) is 19.8 Å². The van der Waals surface area contributed by atoms with Gasteiger partial charge < -0.3 is 11.1 Å². The lowest BCUT2D eigenvalue weighted by Gasteiger charge is -2.29. The van der Waals surface area contributed by atoms with Crippen molar-refractivity contribution in [2.45, 2.75) is 18.9 Å². The van der Waals surface area contributed by atoms with Crippen molar-refractivity contribution in [3.8, 4) is 0 Å². The molecule has 1 aromatic rings. The molecule has 3 N–H and O–H groups in total. The summed E-state index contributed by atoms with van der Waals surface area (Å²) in [5.74, 6) is -0.139. The summed E-state index contributed by atoms with van der Waals surface area (Å²) < 4.78 is 0.491. The smallest absolute Gasteiger partial charge is 0.270 e. The molecule has 114 valence electrons. The molecule has 0 aromatic heterocycles. The summed E-state index contributed by atoms with van der Waals surface area (Å²) >= 11 is 3.23. The van der Waals surface area contributed by atoms with Gasteiger partial charge in [0.2, 0.25) is 5.91 Å². The third kappa shape index (κ3) is 4.48. The van der Waals surface area contributed by atoms with Crippen LogP contribution in [0.2, 0.25) is 0 Å². The summed E-state index contributed by atoms with van der Waals surface area (Å²) in [4.78, 5) is 24.2. The van der Waals surface area contributed by atoms with Crippen molar-refractivity contribution in [2.75, 3.05) is 25.0 Å². The second kappa shape index (κ2) is 6.97. The van der Waals surface area contributed by atoms with E-state index in [0.29, 0.717) is 16.7 Å². The molecule has 0 aliphatic carbocycles. The van der Waals surface area contributed by atoms with Crippen LogP contribution in [-0.2, 0) is 4.79 Å². The van der Waals surface area contributed by atoms with Gasteiger partial charge in [0, 0.05) is 35.7 Å². The Balaban J connectivity index is 1.92. The van der Waals surface area contributed by atoms with Crippen LogP contribution in [-0.4, -0.2) is 41.4 Å². The van der Waals surface area contributed by atoms with Crippen molar-refractivity contribution in [1.29, 1.82) is 0 Å². The van der Waals surface area contributed by atoms with Gasteiger partial charge in [0.1, 0.15) is 0 Å². The molecule has 1 heterocycles. The second-order valence-electron chi connectivity index (χ2n) is 5.08. The number of amides is 1. The zero-order valence-corrected chi connectivity index (χ0v) is 13.0. The molecule has 1 aliphatic rings. The van der Waals surface area contributed by atoms with Crippen molar-refractivity contribution in [3.05, 3.63) is 32.8 Å². The normalized spacial score (nSPS) is 16.7. The number of hydrogen-bond acceptors (Lipinski definition) is 5. The summed E-state index contributed by atoms with van der Waals surface area (Å²) in [6.07, 6.45) is 1.79. The average molecular weight is 357 g/mol. The first-order valence-corrected chi connectivity index (χ1v) is 7.46. The number of halogens is 1. The minimum atomic E-state index is -0.479. The Morgan fingerprint density at radius 3 is 2.71 bits per heavy atom. The second-order valence-corrected chi connectivity index (χ2v) is 5.94. The fraction of sp³-hybridized carbons (Fsp3) is 0.462. The monoisotopic (exact) mass is 356 g/mol. The van der Waals surface area contributed by atoms with Crippen LogP contribution >= 0.6 is 15.9 Å². The van der Waals surface area contributed by atoms with Gasteiger partial charge in [-0.15, -0.1) is 0 Å². The van der Waals surface area contributed by atoms with E-state index in [9.17, 15) is 14.9 Å². The number of carbonyl (C=O) groups is 1. The first kappa shape index (κ1) is 15.9. The van der Waals surface area contributed by atoms with Crippen LogP contribution in [0.5, 0.6) is 0 Å². The van der Waals surface area contributed by atoms with Crippen molar-refractivity contribution >= 4 is 33.2 Å². The molecule has 7 nitrogen and oxygen atoms in total. The van der Waals surface area contributed by atoms with Crippen molar-refractivity contribution < 1.29 is 9.72 Å². The Labute approximate surface area is 130 Å². The molecule has 8 heteroatoms. The largest absolute Gasteiger partial charge is 0.328 e. The highest BCUT2D eigenvalue weighted by molar-refractivity contribution is 9.10. The predicted octanol–water partition coefficient (Wildman–Crippen LogP) is 1.72. The van der Waals surface area contributed by atoms with E-state index in [1.54, 1.807) is 0 Å². The third-order valence-corrected chi connectivity index (χ3v) is 4.09. The number of benzene rings is 1. The molecule has 0 atom stereocenters. The number of nitro groups is 1. The lowest BCUT2D eigenvalue weighted by molar-refractivity contribution is -0.384. The van der Waals surface area contributed by atoms with Crippen LogP contribution in [0.15, 0.2) is 22.7 Å². The number of nitro benzene ring substituents is 1. The summed E-state index contributed by atoms with van der Waals surface area (Å²) in [7, 11) is 0. The maximum Gasteiger partial charge on any atom is 0.270 e. The van der Waals surface area contributed by atoms with Crippen molar-refractivity contribution in [1.82, 2.24) is 4.90 Å². The molecule has 0 radical (unpaired) electrons. The summed E-state index contributed by atoms with van der Waals surface area (Å²) in [5, 5.41) is 13.4. The van der Waals surface area contributed by atoms with E-state index in [1.165, 1.54) is 18.2 Å². The fourth-order valence-electron chi connectivity index (χ4n) is 2.22. The Hall–Kier alpha value is -1.51. The predicted molar refractivity (Wildman–Crippen MR) is 83.1 cm³/mol. The Morgan fingerprint density at radius 1 is 1.48 bits per heavy atom. The fourth-order valence-corrected chi connectivity index (χ4v) is 2.69. The number of non-ortho nitro benzene ring substituents is 1. The number of hydrogen-bond donors (Lipinski definition) is 2. The molecule has 1 amide bonds. The van der Waals surface area contributed by atoms with E-state index in [4.69, 9.17) is 5.73 Å². The Kier molecular flexibility index (Phi) is 5.27. The summed E-state index contributed by atoms with van der Waals surface area (Å²) in [6, 6.07) is 4.48. The number of likely N-dealkylation sites (tertiary alicyclic amines) is 1. The number of carbonyl (C=O) groups excluding carboxylic acids is 1. The SMILES string of the molecule is NC1CCN(CC(=O)Nc2ccc([N+](=O)[O-])cc2Br)CC1. The minimum absolute atomic E-state index is 0.0232. The van der Waals surface area contributed by atoms with E-state index in [0.717, 1.165) is 25.9 Å². The van der Waals surface area contributed by atoms with E-state index in [1.807, 2.05) is 0 Å². The van der Waals surface area contributed by atoms with Gasteiger partial charge in [-0.2, -0.15) is 0 Å². The Bertz CT molecular complexity index is 544. The number of nitrogens with zero attached hydrogens (tertiary/aromatic N) is 2. The third-order valence-electron chi connectivity index (χ3n) is 3.44. The van der Waals surface area contributed by atoms with Gasteiger partial charge >= 0.3 is 0 Å². The van der Waals surface area contributed by atoms with Crippen LogP contribution in [0.4, 0.5) is 11.4 Å². The molecule has 2 rings (SSSR count). The van der Waals surface area contributed by atoms with Crippen LogP contribution < -0.4 is 11.1 Å². The number of piperidine rings is 1. The molecule has 0 spiro atoms. The van der Waals surface area contributed by atoms with Crippen LogP contribution in [0.3, 0.4) is 0 Å². The maximum absolute atomic E-state index is 12.0. The average Bonchev–Trinajstić information content (AvgIpc) is 2.43. The lowest BCUT2D eigenvalue weighted by atomic mass is 10.1. The molecule has 0 unspecified atom stereocenters. The molecule has 1 aromatic carbocycles. The van der Waals surface area contributed by atoms with E-state index < -0.39 is 4.92 Å². The zero-order valence-electron chi connectivity index (χ0n) is 11.4. The van der Waals surface area contributed by atoms with Gasteiger partial charge in [-0.25, -0.2) is 0 Å². The molecule has 0 saturated carbocycles. The molecular formula is C13H17BrN4O3. The highest BCUT2D eigenvalue weighted by atomic mass is 79.9. The maximum atomic E-state index is 12.0. The number of rotatable bonds is 4. The molecule has 1 fully saturated rings. The highest BCUT2D eigenvalue weighted by Crippen LogP contribution is 2.27. The topological polar surface area (TPSA) is 102 Å². The van der Waals surface area contributed by atoms with Crippen LogP contribution in [0, 0.1) is 10.1 Å². The van der Waals surface area contributed by atoms with Gasteiger partial charge in [-0.1, -0.05) is 0 Å². The number of nitrogens with one attached hydrogen (secondary N) is 1. The first-order valence-electron chi connectivity index (χ1n) is 6.67. The molecular weight excluding hydrogens is 340 g/mol. The summed E-state index contributed by atoms with van der Waals surface area (Å²) in [5.41, 5.74) is 6.33. The molecule has 1 saturated heterocycles. The molecule has 21 heavy (non-hydrogen) atoms. The molecule has 1 aliphatic heterocycles. The van der Waals surface area contributed by atoms with Crippen LogP contribution in [0.25, 0.3) is 0 Å². The highest BCUT2D eigenvalue weighted by Gasteiger charge is 2.19. The summed E-state index contributed by atoms with van der Waals surface area (Å²) in [6.45, 7) is 1.93. The van der Waals surface area contributed by atoms with Gasteiger partial charge in [-0.05, 0) is 34.8 Å². The van der Waals surface area contributed by atoms with E-state index in [-0.39, 0.29) is 17.6 Å². The van der Waals surface area contributed by atoms with Gasteiger partial charge in [0.05, 0.1) is 17.2 Å². The lowest BCUT2D eigenvalue weighted by Crippen LogP contribution is -2.43. The van der Waals surface area contributed by atoms with Crippen molar-refractivity contribution in [2.24, 2.45) is 5.73 Å². The van der Waals surface area contributed by atoms with Gasteiger partial charge in [0.25, 0.3) is 5.69 Å². The van der Waals surface area contributed by atoms with Gasteiger partial charge in [0.15, 0.2) is 0 Å². The Morgan fingerprint density at radius 2 is 2.14 bits per heavy atom.